The normalized spacial score (nSPS) is 26.4. The van der Waals surface area contributed by atoms with E-state index in [1.54, 1.807) is 11.6 Å². The van der Waals surface area contributed by atoms with E-state index in [1.807, 2.05) is 21.7 Å². The lowest BCUT2D eigenvalue weighted by molar-refractivity contribution is -0.145. The number of likely N-dealkylation sites (N-methyl/N-ethyl adjacent to an activating group) is 1. The third-order valence-electron chi connectivity index (χ3n) is 8.54. The molecule has 4 aliphatic rings. The number of nitrogens with zero attached hydrogens (tertiary/aromatic N) is 6. The fourth-order valence-corrected chi connectivity index (χ4v) is 7.31. The first-order valence-electron chi connectivity index (χ1n) is 13.9. The molecule has 3 saturated heterocycles. The third kappa shape index (κ3) is 5.59. The number of aliphatic carboxylic acids is 1. The second-order valence-electron chi connectivity index (χ2n) is 11.1. The van der Waals surface area contributed by atoms with Gasteiger partial charge in [0.2, 0.25) is 0 Å². The first-order valence-corrected chi connectivity index (χ1v) is 15.1. The molecule has 4 aliphatic heterocycles. The number of aliphatic imine (C=N–C) groups is 1. The van der Waals surface area contributed by atoms with Crippen molar-refractivity contribution in [1.29, 1.82) is 0 Å². The molecule has 0 radical (unpaired) electrons. The second kappa shape index (κ2) is 11.8. The lowest BCUT2D eigenvalue weighted by Gasteiger charge is -2.38. The van der Waals surface area contributed by atoms with Gasteiger partial charge in [-0.25, -0.2) is 19.0 Å². The predicted molar refractivity (Wildman–Crippen MR) is 156 cm³/mol. The van der Waals surface area contributed by atoms with Crippen LogP contribution in [-0.4, -0.2) is 125 Å². The molecule has 1 aromatic heterocycles. The van der Waals surface area contributed by atoms with Gasteiger partial charge in [0.05, 0.1) is 18.7 Å². The Kier molecular flexibility index (Phi) is 8.11. The standard InChI is InChI=1S/C28H31ClFN7O5S/c1-34-11-16(10-21(34)27(40)42-2)37-13-17-12-35(6-7-36(17)28(37)41)14-20-22(26(38)39)23(18-4-3-15(30)9-19(18)29)33-24(32-20)25-31-5-8-43-25/h3-5,8-9,16-17,21,23H,6-7,10-14H2,1-2H3,(H,32,33)(H,38,39)/t16-,17-,21+,23-/m0/s1. The van der Waals surface area contributed by atoms with E-state index < -0.39 is 17.8 Å². The minimum absolute atomic E-state index is 0.0169. The number of carboxylic acids is 1. The number of amides is 2. The zero-order chi connectivity index (χ0) is 30.4. The van der Waals surface area contributed by atoms with Crippen molar-refractivity contribution in [1.82, 2.24) is 29.9 Å². The van der Waals surface area contributed by atoms with Crippen LogP contribution in [0.15, 0.2) is 46.0 Å². The largest absolute Gasteiger partial charge is 0.478 e. The molecule has 2 N–H and O–H groups in total. The molecule has 15 heteroatoms. The van der Waals surface area contributed by atoms with Crippen LogP contribution in [0.3, 0.4) is 0 Å². The number of benzene rings is 1. The zero-order valence-electron chi connectivity index (χ0n) is 23.6. The van der Waals surface area contributed by atoms with E-state index in [2.05, 4.69) is 20.2 Å². The number of aromatic nitrogens is 1. The van der Waals surface area contributed by atoms with E-state index >= 15 is 0 Å². The molecule has 43 heavy (non-hydrogen) atoms. The maximum atomic E-state index is 13.9. The quantitative estimate of drug-likeness (QED) is 0.441. The van der Waals surface area contributed by atoms with Crippen molar-refractivity contribution >= 4 is 46.7 Å². The summed E-state index contributed by atoms with van der Waals surface area (Å²) in [5.41, 5.74) is 0.830. The Balaban J connectivity index is 1.23. The van der Waals surface area contributed by atoms with Crippen LogP contribution in [-0.2, 0) is 14.3 Å². The molecule has 4 atom stereocenters. The molecule has 2 amide bonds. The van der Waals surface area contributed by atoms with Crippen molar-refractivity contribution in [3.05, 3.63) is 62.5 Å². The van der Waals surface area contributed by atoms with Crippen molar-refractivity contribution < 1.29 is 28.6 Å². The van der Waals surface area contributed by atoms with E-state index in [0.717, 1.165) is 6.07 Å². The summed E-state index contributed by atoms with van der Waals surface area (Å²) in [5.74, 6) is -1.59. The van der Waals surface area contributed by atoms with Gasteiger partial charge in [-0.1, -0.05) is 17.7 Å². The average Bonchev–Trinajstić information content (AvgIpc) is 3.71. The number of fused-ring (bicyclic) bond motifs is 1. The summed E-state index contributed by atoms with van der Waals surface area (Å²) in [6.07, 6.45) is 2.15. The van der Waals surface area contributed by atoms with Crippen LogP contribution >= 0.6 is 22.9 Å². The number of halogens is 2. The Labute approximate surface area is 256 Å². The summed E-state index contributed by atoms with van der Waals surface area (Å²) < 4.78 is 18.8. The molecule has 0 aliphatic carbocycles. The molecule has 3 fully saturated rings. The molecule has 12 nitrogen and oxygen atoms in total. The summed E-state index contributed by atoms with van der Waals surface area (Å²) in [6.45, 7) is 2.92. The maximum absolute atomic E-state index is 13.9. The average molecular weight is 632 g/mol. The number of carboxylic acid groups (broad SMARTS) is 1. The molecule has 228 valence electrons. The molecule has 0 bridgehead atoms. The Morgan fingerprint density at radius 1 is 1.21 bits per heavy atom. The van der Waals surface area contributed by atoms with Crippen LogP contribution in [0.4, 0.5) is 9.18 Å². The summed E-state index contributed by atoms with van der Waals surface area (Å²) in [6, 6.07) is 2.25. The summed E-state index contributed by atoms with van der Waals surface area (Å²) in [4.78, 5) is 55.1. The molecule has 6 rings (SSSR count). The highest BCUT2D eigenvalue weighted by Crippen LogP contribution is 2.37. The van der Waals surface area contributed by atoms with Crippen molar-refractivity contribution in [2.75, 3.05) is 53.4 Å². The summed E-state index contributed by atoms with van der Waals surface area (Å²) in [7, 11) is 3.23. The number of carbonyl (C=O) groups is 3. The van der Waals surface area contributed by atoms with Gasteiger partial charge in [-0.15, -0.1) is 11.3 Å². The van der Waals surface area contributed by atoms with Crippen LogP contribution in [0, 0.1) is 5.82 Å². The second-order valence-corrected chi connectivity index (χ2v) is 12.4. The van der Waals surface area contributed by atoms with Gasteiger partial charge in [-0.2, -0.15) is 0 Å². The van der Waals surface area contributed by atoms with Gasteiger partial charge < -0.3 is 25.0 Å². The van der Waals surface area contributed by atoms with Crippen LogP contribution in [0.5, 0.6) is 0 Å². The fourth-order valence-electron chi connectivity index (χ4n) is 6.45. The Morgan fingerprint density at radius 3 is 2.72 bits per heavy atom. The number of piperazine rings is 1. The van der Waals surface area contributed by atoms with E-state index in [9.17, 15) is 23.9 Å². The molecule has 5 heterocycles. The van der Waals surface area contributed by atoms with Crippen molar-refractivity contribution in [2.24, 2.45) is 4.99 Å². The van der Waals surface area contributed by atoms with Gasteiger partial charge in [0.15, 0.2) is 10.8 Å². The van der Waals surface area contributed by atoms with E-state index in [-0.39, 0.29) is 47.3 Å². The molecule has 0 saturated carbocycles. The lowest BCUT2D eigenvalue weighted by Crippen LogP contribution is -2.53. The number of esters is 1. The van der Waals surface area contributed by atoms with Gasteiger partial charge in [0.1, 0.15) is 17.9 Å². The van der Waals surface area contributed by atoms with Crippen molar-refractivity contribution in [2.45, 2.75) is 30.6 Å². The summed E-state index contributed by atoms with van der Waals surface area (Å²) in [5, 5.41) is 16.0. The smallest absolute Gasteiger partial charge is 0.335 e. The highest BCUT2D eigenvalue weighted by Gasteiger charge is 2.47. The zero-order valence-corrected chi connectivity index (χ0v) is 25.1. The Morgan fingerprint density at radius 2 is 2.02 bits per heavy atom. The van der Waals surface area contributed by atoms with Gasteiger partial charge in [0.25, 0.3) is 0 Å². The van der Waals surface area contributed by atoms with Gasteiger partial charge >= 0.3 is 18.0 Å². The van der Waals surface area contributed by atoms with Crippen LogP contribution in [0.2, 0.25) is 5.02 Å². The number of amidine groups is 1. The van der Waals surface area contributed by atoms with E-state index in [4.69, 9.17) is 16.3 Å². The Hall–Kier alpha value is -3.59. The van der Waals surface area contributed by atoms with Crippen LogP contribution in [0.1, 0.15) is 23.0 Å². The number of thiazole rings is 1. The minimum Gasteiger partial charge on any atom is -0.478 e. The fraction of sp³-hybridized carbons (Fsp3) is 0.464. The minimum atomic E-state index is -1.17. The first-order chi connectivity index (χ1) is 20.6. The number of hydrogen-bond donors (Lipinski definition) is 2. The molecule has 2 aromatic rings. The van der Waals surface area contributed by atoms with Crippen molar-refractivity contribution in [3.8, 4) is 0 Å². The number of nitrogens with one attached hydrogen (secondary N) is 1. The predicted octanol–water partition coefficient (Wildman–Crippen LogP) is 2.03. The molecule has 0 unspecified atom stereocenters. The summed E-state index contributed by atoms with van der Waals surface area (Å²) >= 11 is 7.75. The third-order valence-corrected chi connectivity index (χ3v) is 9.64. The SMILES string of the molecule is COC(=O)[C@H]1C[C@H](N2C[C@@H]3CN(CC4=C(C(=O)O)[C@H](c5ccc(F)cc5Cl)N=C(c5nccs5)N4)CCN3C2=O)CN1C. The number of urea groups is 1. The number of methoxy groups -OCH3 is 1. The van der Waals surface area contributed by atoms with E-state index in [0.29, 0.717) is 61.2 Å². The first kappa shape index (κ1) is 29.5. The molecule has 0 spiro atoms. The Bertz CT molecular complexity index is 1500. The molecular formula is C28H31ClFN7O5S. The topological polar surface area (TPSA) is 131 Å². The molecule has 1 aromatic carbocycles. The number of carbonyl (C=O) groups excluding carboxylic acids is 2. The lowest BCUT2D eigenvalue weighted by atomic mass is 9.95. The van der Waals surface area contributed by atoms with E-state index in [1.165, 1.54) is 30.6 Å². The van der Waals surface area contributed by atoms with Crippen LogP contribution in [0.25, 0.3) is 0 Å². The van der Waals surface area contributed by atoms with Crippen LogP contribution < -0.4 is 5.32 Å². The monoisotopic (exact) mass is 631 g/mol. The number of ether oxygens (including phenoxy) is 1. The molecular weight excluding hydrogens is 601 g/mol. The highest BCUT2D eigenvalue weighted by molar-refractivity contribution is 7.11. The number of likely N-dealkylation sites (tertiary alicyclic amines) is 1. The maximum Gasteiger partial charge on any atom is 0.335 e. The van der Waals surface area contributed by atoms with Crippen molar-refractivity contribution in [3.63, 3.8) is 0 Å². The van der Waals surface area contributed by atoms with Gasteiger partial charge in [0, 0.05) is 73.2 Å². The number of hydrogen-bond acceptors (Lipinski definition) is 10. The van der Waals surface area contributed by atoms with Gasteiger partial charge in [-0.05, 0) is 25.6 Å². The number of rotatable bonds is 7. The van der Waals surface area contributed by atoms with Gasteiger partial charge in [-0.3, -0.25) is 19.6 Å². The highest BCUT2D eigenvalue weighted by atomic mass is 35.5.